The highest BCUT2D eigenvalue weighted by molar-refractivity contribution is 5.77. The van der Waals surface area contributed by atoms with Gasteiger partial charge in [-0.05, 0) is 5.56 Å². The second-order valence-corrected chi connectivity index (χ2v) is 7.65. The van der Waals surface area contributed by atoms with Gasteiger partial charge in [-0.3, -0.25) is 9.63 Å². The molecule has 1 aromatic rings. The fraction of sp³-hybridized carbons (Fsp3) is 0.550. The Kier molecular flexibility index (Phi) is 5.53. The highest BCUT2D eigenvalue weighted by atomic mass is 16.7. The van der Waals surface area contributed by atoms with Crippen LogP contribution in [-0.2, 0) is 30.4 Å². The Morgan fingerprint density at radius 1 is 1.23 bits per heavy atom. The summed E-state index contributed by atoms with van der Waals surface area (Å²) in [6.45, 7) is 8.18. The third-order valence-corrected chi connectivity index (χ3v) is 4.79. The van der Waals surface area contributed by atoms with Crippen LogP contribution in [0.25, 0.3) is 0 Å². The predicted molar refractivity (Wildman–Crippen MR) is 95.6 cm³/mol. The topological polar surface area (TPSA) is 57.2 Å². The van der Waals surface area contributed by atoms with Crippen molar-refractivity contribution in [2.75, 3.05) is 26.9 Å². The van der Waals surface area contributed by atoms with Gasteiger partial charge in [-0.25, -0.2) is 0 Å². The molecule has 0 radical (unpaired) electrons. The average Bonchev–Trinajstić information content (AvgIpc) is 2.96. The van der Waals surface area contributed by atoms with Crippen molar-refractivity contribution in [3.05, 3.63) is 47.4 Å². The molecule has 0 unspecified atom stereocenters. The SMILES string of the molecule is COC(=O)[C@H]1[C@H](C)C(=C2OCC(C)(C)CO2)CN1OCc1ccccc1. The molecule has 3 rings (SSSR count). The Hall–Kier alpha value is -2.05. The molecule has 0 aromatic heterocycles. The minimum absolute atomic E-state index is 0.0167. The molecule has 142 valence electrons. The molecule has 6 heteroatoms. The second kappa shape index (κ2) is 7.68. The Balaban J connectivity index is 1.76. The second-order valence-electron chi connectivity index (χ2n) is 7.65. The minimum Gasteiger partial charge on any atom is -0.468 e. The van der Waals surface area contributed by atoms with Crippen LogP contribution in [0.4, 0.5) is 0 Å². The molecule has 2 fully saturated rings. The maximum Gasteiger partial charge on any atom is 0.326 e. The molecule has 0 N–H and O–H groups in total. The largest absolute Gasteiger partial charge is 0.468 e. The van der Waals surface area contributed by atoms with Crippen molar-refractivity contribution in [1.29, 1.82) is 0 Å². The van der Waals surface area contributed by atoms with E-state index in [9.17, 15) is 4.79 Å². The summed E-state index contributed by atoms with van der Waals surface area (Å²) in [5.41, 5.74) is 1.96. The van der Waals surface area contributed by atoms with Crippen LogP contribution in [0.15, 0.2) is 41.9 Å². The number of benzene rings is 1. The normalized spacial score (nSPS) is 25.5. The van der Waals surface area contributed by atoms with Gasteiger partial charge in [-0.15, -0.1) is 0 Å². The number of hydrogen-bond donors (Lipinski definition) is 0. The zero-order valence-corrected chi connectivity index (χ0v) is 15.9. The highest BCUT2D eigenvalue weighted by Gasteiger charge is 2.45. The van der Waals surface area contributed by atoms with Crippen molar-refractivity contribution >= 4 is 5.97 Å². The van der Waals surface area contributed by atoms with Gasteiger partial charge in [0.25, 0.3) is 5.95 Å². The molecule has 0 saturated carbocycles. The van der Waals surface area contributed by atoms with Gasteiger partial charge in [0.2, 0.25) is 0 Å². The predicted octanol–water partition coefficient (Wildman–Crippen LogP) is 2.90. The number of rotatable bonds is 4. The summed E-state index contributed by atoms with van der Waals surface area (Å²) in [5, 5.41) is 1.68. The van der Waals surface area contributed by atoms with E-state index < -0.39 is 6.04 Å². The lowest BCUT2D eigenvalue weighted by atomic mass is 9.95. The smallest absolute Gasteiger partial charge is 0.326 e. The molecule has 2 atom stereocenters. The first kappa shape index (κ1) is 18.7. The van der Waals surface area contributed by atoms with Crippen molar-refractivity contribution in [2.24, 2.45) is 11.3 Å². The fourth-order valence-corrected chi connectivity index (χ4v) is 3.19. The van der Waals surface area contributed by atoms with Crippen LogP contribution in [0.2, 0.25) is 0 Å². The van der Waals surface area contributed by atoms with Crippen LogP contribution < -0.4 is 0 Å². The lowest BCUT2D eigenvalue weighted by Gasteiger charge is -2.32. The van der Waals surface area contributed by atoms with E-state index in [4.69, 9.17) is 19.0 Å². The van der Waals surface area contributed by atoms with Gasteiger partial charge < -0.3 is 14.2 Å². The third kappa shape index (κ3) is 4.02. The van der Waals surface area contributed by atoms with E-state index >= 15 is 0 Å². The molecule has 1 aromatic carbocycles. The maximum atomic E-state index is 12.3. The molecule has 6 nitrogen and oxygen atoms in total. The summed E-state index contributed by atoms with van der Waals surface area (Å²) in [6.07, 6.45) is 0. The Morgan fingerprint density at radius 2 is 1.88 bits per heavy atom. The first-order chi connectivity index (χ1) is 12.4. The van der Waals surface area contributed by atoms with Crippen molar-refractivity contribution < 1.29 is 23.8 Å². The number of carbonyl (C=O) groups is 1. The lowest BCUT2D eigenvalue weighted by Crippen LogP contribution is -2.39. The van der Waals surface area contributed by atoms with Gasteiger partial charge in [0.15, 0.2) is 0 Å². The number of methoxy groups -OCH3 is 1. The third-order valence-electron chi connectivity index (χ3n) is 4.79. The van der Waals surface area contributed by atoms with Crippen LogP contribution in [-0.4, -0.2) is 43.9 Å². The summed E-state index contributed by atoms with van der Waals surface area (Å²) in [5.74, 6) is 0.0864. The van der Waals surface area contributed by atoms with Crippen LogP contribution in [0.3, 0.4) is 0 Å². The van der Waals surface area contributed by atoms with Crippen LogP contribution >= 0.6 is 0 Å². The van der Waals surface area contributed by atoms with Crippen LogP contribution in [0, 0.1) is 11.3 Å². The lowest BCUT2D eigenvalue weighted by molar-refractivity contribution is -0.197. The van der Waals surface area contributed by atoms with Gasteiger partial charge in [0.1, 0.15) is 6.04 Å². The quantitative estimate of drug-likeness (QED) is 0.769. The Bertz CT molecular complexity index is 658. The van der Waals surface area contributed by atoms with Gasteiger partial charge in [0.05, 0.1) is 33.5 Å². The number of esters is 1. The van der Waals surface area contributed by atoms with Gasteiger partial charge in [-0.2, -0.15) is 5.06 Å². The standard InChI is InChI=1S/C20H27NO5/c1-14-16(19-24-12-20(2,3)13-25-19)10-21(17(14)18(22)23-4)26-11-15-8-6-5-7-9-15/h5-9,14,17H,10-13H2,1-4H3/t14-,17-/m1/s1. The zero-order chi connectivity index (χ0) is 18.7. The number of nitrogens with zero attached hydrogens (tertiary/aromatic N) is 1. The molecular weight excluding hydrogens is 334 g/mol. The number of hydrogen-bond acceptors (Lipinski definition) is 6. The summed E-state index contributed by atoms with van der Waals surface area (Å²) < 4.78 is 16.7. The van der Waals surface area contributed by atoms with Crippen molar-refractivity contribution in [1.82, 2.24) is 5.06 Å². The molecule has 0 spiro atoms. The van der Waals surface area contributed by atoms with Crippen molar-refractivity contribution in [3.63, 3.8) is 0 Å². The monoisotopic (exact) mass is 361 g/mol. The molecular formula is C20H27NO5. The van der Waals surface area contributed by atoms with E-state index in [0.29, 0.717) is 32.3 Å². The van der Waals surface area contributed by atoms with E-state index in [-0.39, 0.29) is 17.3 Å². The van der Waals surface area contributed by atoms with E-state index in [1.165, 1.54) is 7.11 Å². The Labute approximate surface area is 154 Å². The van der Waals surface area contributed by atoms with E-state index in [1.807, 2.05) is 37.3 Å². The maximum absolute atomic E-state index is 12.3. The first-order valence-electron chi connectivity index (χ1n) is 8.91. The average molecular weight is 361 g/mol. The summed E-state index contributed by atoms with van der Waals surface area (Å²) >= 11 is 0. The minimum atomic E-state index is -0.520. The van der Waals surface area contributed by atoms with Gasteiger partial charge in [0, 0.05) is 16.9 Å². The van der Waals surface area contributed by atoms with Crippen molar-refractivity contribution in [2.45, 2.75) is 33.4 Å². The number of carbonyl (C=O) groups excluding carboxylic acids is 1. The molecule has 2 aliphatic rings. The van der Waals surface area contributed by atoms with Crippen molar-refractivity contribution in [3.8, 4) is 0 Å². The molecule has 2 aliphatic heterocycles. The molecule has 0 amide bonds. The number of ether oxygens (including phenoxy) is 3. The summed E-state index contributed by atoms with van der Waals surface area (Å²) in [6, 6.07) is 9.33. The van der Waals surface area contributed by atoms with Crippen LogP contribution in [0.5, 0.6) is 0 Å². The first-order valence-corrected chi connectivity index (χ1v) is 8.91. The van der Waals surface area contributed by atoms with E-state index in [2.05, 4.69) is 13.8 Å². The molecule has 0 aliphatic carbocycles. The Morgan fingerprint density at radius 3 is 2.50 bits per heavy atom. The zero-order valence-electron chi connectivity index (χ0n) is 15.9. The van der Waals surface area contributed by atoms with Gasteiger partial charge >= 0.3 is 5.97 Å². The van der Waals surface area contributed by atoms with Gasteiger partial charge in [-0.1, -0.05) is 51.1 Å². The summed E-state index contributed by atoms with van der Waals surface area (Å²) in [7, 11) is 1.39. The fourth-order valence-electron chi connectivity index (χ4n) is 3.19. The molecule has 26 heavy (non-hydrogen) atoms. The molecule has 0 bridgehead atoms. The van der Waals surface area contributed by atoms with E-state index in [0.717, 1.165) is 11.1 Å². The summed E-state index contributed by atoms with van der Waals surface area (Å²) in [4.78, 5) is 18.3. The number of hydroxylamine groups is 2. The van der Waals surface area contributed by atoms with E-state index in [1.54, 1.807) is 5.06 Å². The molecule has 2 saturated heterocycles. The van der Waals surface area contributed by atoms with Crippen LogP contribution in [0.1, 0.15) is 26.3 Å². The molecule has 2 heterocycles. The highest BCUT2D eigenvalue weighted by Crippen LogP contribution is 2.36.